The van der Waals surface area contributed by atoms with E-state index in [1.165, 1.54) is 0 Å². The first-order valence-electron chi connectivity index (χ1n) is 8.87. The minimum atomic E-state index is -3.46. The Kier molecular flexibility index (Phi) is 4.32. The quantitative estimate of drug-likeness (QED) is 0.783. The smallest absolute Gasteiger partial charge is 0.243 e. The van der Waals surface area contributed by atoms with Crippen LogP contribution in [0, 0.1) is 6.92 Å². The number of aliphatic imine (C=N–C) groups is 2. The molecule has 0 unspecified atom stereocenters. The van der Waals surface area contributed by atoms with Gasteiger partial charge in [0.05, 0.1) is 10.9 Å². The minimum absolute atomic E-state index is 0.251. The van der Waals surface area contributed by atoms with Crippen molar-refractivity contribution in [3.63, 3.8) is 0 Å². The Morgan fingerprint density at radius 1 is 1.08 bits per heavy atom. The number of sulfonamides is 1. The van der Waals surface area contributed by atoms with E-state index in [1.807, 2.05) is 25.3 Å². The Bertz CT molecular complexity index is 898. The molecule has 0 spiro atoms. The molecule has 1 saturated heterocycles. The standard InChI is InChI=1S/C18H23N5O2S/c1-14-5-3-4-6-16(14)26(24,25)23-11-9-21(10-12-23)17-18-20-15(2)13-22(18)8-7-19-17/h3-8,15H,9-13H2,1-2H3/t15-/m1/s1. The van der Waals surface area contributed by atoms with Gasteiger partial charge in [-0.25, -0.2) is 13.4 Å². The number of amidine groups is 2. The van der Waals surface area contributed by atoms with Crippen molar-refractivity contribution >= 4 is 21.7 Å². The molecule has 1 fully saturated rings. The highest BCUT2D eigenvalue weighted by Gasteiger charge is 2.34. The lowest BCUT2D eigenvalue weighted by Gasteiger charge is -2.37. The van der Waals surface area contributed by atoms with Crippen LogP contribution >= 0.6 is 0 Å². The monoisotopic (exact) mass is 373 g/mol. The van der Waals surface area contributed by atoms with E-state index in [-0.39, 0.29) is 6.04 Å². The summed E-state index contributed by atoms with van der Waals surface area (Å²) in [5.74, 6) is 1.75. The number of hydrogen-bond acceptors (Lipinski definition) is 6. The fourth-order valence-corrected chi connectivity index (χ4v) is 5.25. The van der Waals surface area contributed by atoms with Gasteiger partial charge in [-0.05, 0) is 25.5 Å². The molecule has 3 heterocycles. The maximum Gasteiger partial charge on any atom is 0.243 e. The molecule has 3 aliphatic rings. The van der Waals surface area contributed by atoms with Crippen LogP contribution in [0.1, 0.15) is 12.5 Å². The lowest BCUT2D eigenvalue weighted by Crippen LogP contribution is -2.53. The Morgan fingerprint density at radius 2 is 1.81 bits per heavy atom. The molecule has 4 rings (SSSR count). The molecule has 3 aliphatic heterocycles. The number of piperazine rings is 1. The number of nitrogens with zero attached hydrogens (tertiary/aromatic N) is 5. The van der Waals surface area contributed by atoms with E-state index in [0.717, 1.165) is 23.8 Å². The van der Waals surface area contributed by atoms with Crippen molar-refractivity contribution < 1.29 is 8.42 Å². The van der Waals surface area contributed by atoms with Gasteiger partial charge < -0.3 is 9.80 Å². The highest BCUT2D eigenvalue weighted by atomic mass is 32.2. The van der Waals surface area contributed by atoms with E-state index in [1.54, 1.807) is 22.6 Å². The molecular formula is C18H23N5O2S. The molecule has 0 radical (unpaired) electrons. The largest absolute Gasteiger partial charge is 0.351 e. The van der Waals surface area contributed by atoms with E-state index >= 15 is 0 Å². The summed E-state index contributed by atoms with van der Waals surface area (Å²) in [6, 6.07) is 7.39. The highest BCUT2D eigenvalue weighted by molar-refractivity contribution is 7.89. The number of hydrogen-bond donors (Lipinski definition) is 0. The second kappa shape index (κ2) is 6.51. The van der Waals surface area contributed by atoms with Gasteiger partial charge in [-0.2, -0.15) is 4.31 Å². The molecular weight excluding hydrogens is 350 g/mol. The molecule has 138 valence electrons. The summed E-state index contributed by atoms with van der Waals surface area (Å²) in [6.45, 7) is 6.90. The van der Waals surface area contributed by atoms with Crippen LogP contribution in [0.3, 0.4) is 0 Å². The van der Waals surface area contributed by atoms with Crippen molar-refractivity contribution in [1.29, 1.82) is 0 Å². The molecule has 1 aromatic rings. The zero-order valence-corrected chi connectivity index (χ0v) is 15.9. The third kappa shape index (κ3) is 2.93. The summed E-state index contributed by atoms with van der Waals surface area (Å²) < 4.78 is 27.5. The van der Waals surface area contributed by atoms with E-state index in [2.05, 4.69) is 26.7 Å². The van der Waals surface area contributed by atoms with Crippen LogP contribution in [0.4, 0.5) is 0 Å². The van der Waals surface area contributed by atoms with Gasteiger partial charge in [0.25, 0.3) is 0 Å². The Morgan fingerprint density at radius 3 is 2.54 bits per heavy atom. The second-order valence-corrected chi connectivity index (χ2v) is 8.77. The van der Waals surface area contributed by atoms with Crippen LogP contribution in [0.15, 0.2) is 51.5 Å². The Balaban J connectivity index is 1.50. The van der Waals surface area contributed by atoms with Crippen LogP contribution in [0.25, 0.3) is 0 Å². The molecule has 7 nitrogen and oxygen atoms in total. The van der Waals surface area contributed by atoms with Crippen LogP contribution in [-0.2, 0) is 10.0 Å². The zero-order valence-electron chi connectivity index (χ0n) is 15.0. The molecule has 0 bridgehead atoms. The minimum Gasteiger partial charge on any atom is -0.351 e. The lowest BCUT2D eigenvalue weighted by atomic mass is 10.2. The first kappa shape index (κ1) is 17.2. The first-order chi connectivity index (χ1) is 12.5. The van der Waals surface area contributed by atoms with Gasteiger partial charge in [0.15, 0.2) is 11.7 Å². The number of benzene rings is 1. The summed E-state index contributed by atoms with van der Waals surface area (Å²) >= 11 is 0. The van der Waals surface area contributed by atoms with Gasteiger partial charge in [-0.1, -0.05) is 18.2 Å². The van der Waals surface area contributed by atoms with Crippen LogP contribution in [0.2, 0.25) is 0 Å². The predicted molar refractivity (Wildman–Crippen MR) is 102 cm³/mol. The van der Waals surface area contributed by atoms with Gasteiger partial charge in [-0.15, -0.1) is 0 Å². The number of rotatable bonds is 2. The third-order valence-corrected chi connectivity index (χ3v) is 7.03. The van der Waals surface area contributed by atoms with Gasteiger partial charge in [0.2, 0.25) is 10.0 Å². The predicted octanol–water partition coefficient (Wildman–Crippen LogP) is 1.29. The Hall–Kier alpha value is -2.19. The highest BCUT2D eigenvalue weighted by Crippen LogP contribution is 2.22. The molecule has 1 atom stereocenters. The fourth-order valence-electron chi connectivity index (χ4n) is 3.60. The average Bonchev–Trinajstić information content (AvgIpc) is 3.02. The summed E-state index contributed by atoms with van der Waals surface area (Å²) in [5, 5.41) is 0. The molecule has 0 aliphatic carbocycles. The van der Waals surface area contributed by atoms with E-state index < -0.39 is 10.0 Å². The molecule has 0 saturated carbocycles. The molecule has 0 N–H and O–H groups in total. The van der Waals surface area contributed by atoms with Crippen molar-refractivity contribution in [2.45, 2.75) is 24.8 Å². The molecule has 26 heavy (non-hydrogen) atoms. The summed E-state index contributed by atoms with van der Waals surface area (Å²) in [4.78, 5) is 13.8. The van der Waals surface area contributed by atoms with Crippen LogP contribution in [-0.4, -0.2) is 73.0 Å². The van der Waals surface area contributed by atoms with Crippen molar-refractivity contribution in [2.24, 2.45) is 9.98 Å². The van der Waals surface area contributed by atoms with Crippen LogP contribution in [0.5, 0.6) is 0 Å². The van der Waals surface area contributed by atoms with Crippen molar-refractivity contribution in [1.82, 2.24) is 14.1 Å². The average molecular weight is 373 g/mol. The van der Waals surface area contributed by atoms with E-state index in [9.17, 15) is 8.42 Å². The summed E-state index contributed by atoms with van der Waals surface area (Å²) in [5.41, 5.74) is 0.779. The van der Waals surface area contributed by atoms with Gasteiger partial charge in [0.1, 0.15) is 0 Å². The maximum atomic E-state index is 13.0. The SMILES string of the molecule is Cc1ccccc1S(=O)(=O)N1CCN(C2=NC=CN3C[C@@H](C)N=C23)CC1. The molecule has 8 heteroatoms. The topological polar surface area (TPSA) is 68.6 Å². The Labute approximate surface area is 154 Å². The molecule has 0 amide bonds. The maximum absolute atomic E-state index is 13.0. The third-order valence-electron chi connectivity index (χ3n) is 4.97. The van der Waals surface area contributed by atoms with E-state index in [0.29, 0.717) is 31.1 Å². The fraction of sp³-hybridized carbons (Fsp3) is 0.444. The van der Waals surface area contributed by atoms with Crippen molar-refractivity contribution in [2.75, 3.05) is 32.7 Å². The summed E-state index contributed by atoms with van der Waals surface area (Å²) in [6.07, 6.45) is 3.74. The summed E-state index contributed by atoms with van der Waals surface area (Å²) in [7, 11) is -3.46. The lowest BCUT2D eigenvalue weighted by molar-refractivity contribution is 0.267. The normalized spacial score (nSPS) is 23.7. The van der Waals surface area contributed by atoms with Crippen molar-refractivity contribution in [3.8, 4) is 0 Å². The first-order valence-corrected chi connectivity index (χ1v) is 10.3. The number of aryl methyl sites for hydroxylation is 1. The van der Waals surface area contributed by atoms with Gasteiger partial charge >= 0.3 is 0 Å². The zero-order chi connectivity index (χ0) is 18.3. The van der Waals surface area contributed by atoms with Gasteiger partial charge in [0, 0.05) is 45.1 Å². The van der Waals surface area contributed by atoms with Crippen molar-refractivity contribution in [3.05, 3.63) is 42.2 Å². The van der Waals surface area contributed by atoms with E-state index in [4.69, 9.17) is 0 Å². The number of fused-ring (bicyclic) bond motifs is 1. The van der Waals surface area contributed by atoms with Gasteiger partial charge in [-0.3, -0.25) is 4.99 Å². The van der Waals surface area contributed by atoms with Crippen LogP contribution < -0.4 is 0 Å². The molecule has 0 aromatic heterocycles. The molecule has 1 aromatic carbocycles. The second-order valence-electron chi connectivity index (χ2n) is 6.86.